The molecule has 1 unspecified atom stereocenters. The number of amides is 1. The minimum Gasteiger partial charge on any atom is -0.392 e. The summed E-state index contributed by atoms with van der Waals surface area (Å²) in [6.07, 6.45) is -4.75. The Morgan fingerprint density at radius 1 is 1.29 bits per heavy atom. The maximum atomic E-state index is 12.0. The van der Waals surface area contributed by atoms with Crippen molar-refractivity contribution in [2.75, 3.05) is 6.54 Å². The molecule has 3 N–H and O–H groups in total. The number of aliphatic hydroxyl groups is 2. The number of nitrogens with one attached hydrogen (secondary N) is 1. The van der Waals surface area contributed by atoms with Crippen LogP contribution in [0.1, 0.15) is 15.9 Å². The third-order valence-electron chi connectivity index (χ3n) is 2.16. The molecule has 4 nitrogen and oxygen atoms in total. The lowest BCUT2D eigenvalue weighted by atomic mass is 10.1. The molecule has 1 aromatic rings. The molecule has 0 saturated heterocycles. The van der Waals surface area contributed by atoms with Gasteiger partial charge in [0, 0.05) is 12.1 Å². The molecule has 0 saturated carbocycles. The zero-order valence-electron chi connectivity index (χ0n) is 8.94. The average Bonchev–Trinajstić information content (AvgIpc) is 2.35. The summed E-state index contributed by atoms with van der Waals surface area (Å²) in [6, 6.07) is 6.04. The first-order valence-electron chi connectivity index (χ1n) is 4.99. The van der Waals surface area contributed by atoms with Gasteiger partial charge in [-0.3, -0.25) is 4.79 Å². The molecular formula is C11H13F2NO3. The predicted octanol–water partition coefficient (Wildman–Crippen LogP) is 0.535. The van der Waals surface area contributed by atoms with Crippen molar-refractivity contribution in [2.24, 2.45) is 0 Å². The summed E-state index contributed by atoms with van der Waals surface area (Å²) in [7, 11) is 0. The average molecular weight is 245 g/mol. The highest BCUT2D eigenvalue weighted by Gasteiger charge is 2.17. The zero-order chi connectivity index (χ0) is 12.8. The van der Waals surface area contributed by atoms with Gasteiger partial charge in [0.05, 0.1) is 6.61 Å². The second-order valence-corrected chi connectivity index (χ2v) is 3.47. The summed E-state index contributed by atoms with van der Waals surface area (Å²) >= 11 is 0. The van der Waals surface area contributed by atoms with E-state index in [0.717, 1.165) is 0 Å². The van der Waals surface area contributed by atoms with Gasteiger partial charge in [-0.1, -0.05) is 12.1 Å². The van der Waals surface area contributed by atoms with E-state index < -0.39 is 25.0 Å². The third kappa shape index (κ3) is 4.08. The number of carbonyl (C=O) groups is 1. The first kappa shape index (κ1) is 13.5. The zero-order valence-corrected chi connectivity index (χ0v) is 8.94. The van der Waals surface area contributed by atoms with E-state index in [-0.39, 0.29) is 12.2 Å². The van der Waals surface area contributed by atoms with Gasteiger partial charge in [0.25, 0.3) is 12.3 Å². The van der Waals surface area contributed by atoms with Gasteiger partial charge >= 0.3 is 0 Å². The molecule has 0 heterocycles. The summed E-state index contributed by atoms with van der Waals surface area (Å²) in [5.74, 6) is -0.547. The third-order valence-corrected chi connectivity index (χ3v) is 2.16. The Morgan fingerprint density at radius 2 is 1.88 bits per heavy atom. The smallest absolute Gasteiger partial charge is 0.265 e. The molecule has 0 spiro atoms. The monoisotopic (exact) mass is 245 g/mol. The topological polar surface area (TPSA) is 69.6 Å². The fourth-order valence-corrected chi connectivity index (χ4v) is 1.15. The molecule has 1 amide bonds. The van der Waals surface area contributed by atoms with Crippen LogP contribution in [0.4, 0.5) is 8.78 Å². The fourth-order valence-electron chi connectivity index (χ4n) is 1.15. The van der Waals surface area contributed by atoms with Crippen molar-refractivity contribution in [1.29, 1.82) is 0 Å². The Bertz CT molecular complexity index is 367. The van der Waals surface area contributed by atoms with Crippen molar-refractivity contribution in [2.45, 2.75) is 19.1 Å². The van der Waals surface area contributed by atoms with Gasteiger partial charge in [-0.05, 0) is 17.7 Å². The molecule has 6 heteroatoms. The Morgan fingerprint density at radius 3 is 2.35 bits per heavy atom. The molecule has 17 heavy (non-hydrogen) atoms. The lowest BCUT2D eigenvalue weighted by Gasteiger charge is -2.10. The van der Waals surface area contributed by atoms with Crippen LogP contribution in [-0.2, 0) is 6.61 Å². The van der Waals surface area contributed by atoms with Gasteiger partial charge in [0.2, 0.25) is 0 Å². The standard InChI is InChI=1S/C11H13F2NO3/c12-10(13)9(16)5-14-11(17)8-3-1-7(6-15)2-4-8/h1-4,9-10,15-16H,5-6H2,(H,14,17). The molecular weight excluding hydrogens is 232 g/mol. The van der Waals surface area contributed by atoms with Crippen LogP contribution in [-0.4, -0.2) is 35.2 Å². The van der Waals surface area contributed by atoms with Crippen LogP contribution in [0.15, 0.2) is 24.3 Å². The summed E-state index contributed by atoms with van der Waals surface area (Å²) in [6.45, 7) is -0.635. The molecule has 0 aliphatic carbocycles. The molecule has 0 aromatic heterocycles. The van der Waals surface area contributed by atoms with Gasteiger partial charge in [-0.25, -0.2) is 8.78 Å². The molecule has 0 radical (unpaired) electrons. The van der Waals surface area contributed by atoms with Crippen molar-refractivity contribution in [3.05, 3.63) is 35.4 Å². The highest BCUT2D eigenvalue weighted by molar-refractivity contribution is 5.94. The maximum Gasteiger partial charge on any atom is 0.265 e. The van der Waals surface area contributed by atoms with Gasteiger partial charge in [-0.15, -0.1) is 0 Å². The number of halogens is 2. The van der Waals surface area contributed by atoms with E-state index in [4.69, 9.17) is 10.2 Å². The van der Waals surface area contributed by atoms with E-state index >= 15 is 0 Å². The normalized spacial score (nSPS) is 12.5. The fraction of sp³-hybridized carbons (Fsp3) is 0.364. The maximum absolute atomic E-state index is 12.0. The number of benzene rings is 1. The van der Waals surface area contributed by atoms with Gasteiger partial charge in [0.15, 0.2) is 0 Å². The molecule has 0 aliphatic rings. The molecule has 1 atom stereocenters. The lowest BCUT2D eigenvalue weighted by molar-refractivity contribution is -0.00270. The highest BCUT2D eigenvalue weighted by Crippen LogP contribution is 2.05. The van der Waals surface area contributed by atoms with E-state index in [0.29, 0.717) is 5.56 Å². The van der Waals surface area contributed by atoms with Crippen molar-refractivity contribution in [3.63, 3.8) is 0 Å². The summed E-state index contributed by atoms with van der Waals surface area (Å²) < 4.78 is 23.9. The SMILES string of the molecule is O=C(NCC(O)C(F)F)c1ccc(CO)cc1. The van der Waals surface area contributed by atoms with Crippen molar-refractivity contribution < 1.29 is 23.8 Å². The second-order valence-electron chi connectivity index (χ2n) is 3.47. The Balaban J connectivity index is 2.52. The van der Waals surface area contributed by atoms with E-state index in [9.17, 15) is 13.6 Å². The van der Waals surface area contributed by atoms with E-state index in [1.54, 1.807) is 12.1 Å². The first-order valence-corrected chi connectivity index (χ1v) is 4.99. The van der Waals surface area contributed by atoms with Crippen molar-refractivity contribution in [1.82, 2.24) is 5.32 Å². The number of carbonyl (C=O) groups excluding carboxylic acids is 1. The molecule has 0 fully saturated rings. The van der Waals surface area contributed by atoms with E-state index in [1.165, 1.54) is 12.1 Å². The number of rotatable bonds is 5. The minimum atomic E-state index is -2.88. The summed E-state index contributed by atoms with van der Waals surface area (Å²) in [5.41, 5.74) is 0.929. The van der Waals surface area contributed by atoms with Gasteiger partial charge < -0.3 is 15.5 Å². The van der Waals surface area contributed by atoms with Gasteiger partial charge in [0.1, 0.15) is 6.10 Å². The van der Waals surface area contributed by atoms with Crippen LogP contribution in [0.5, 0.6) is 0 Å². The van der Waals surface area contributed by atoms with Crippen LogP contribution < -0.4 is 5.32 Å². The Hall–Kier alpha value is -1.53. The molecule has 1 aromatic carbocycles. The molecule has 0 bridgehead atoms. The van der Waals surface area contributed by atoms with E-state index in [1.807, 2.05) is 0 Å². The van der Waals surface area contributed by atoms with Crippen molar-refractivity contribution in [3.8, 4) is 0 Å². The Kier molecular flexibility index (Phi) is 4.99. The van der Waals surface area contributed by atoms with Crippen LogP contribution in [0.25, 0.3) is 0 Å². The predicted molar refractivity (Wildman–Crippen MR) is 56.7 cm³/mol. The second kappa shape index (κ2) is 6.27. The number of alkyl halides is 2. The van der Waals surface area contributed by atoms with E-state index in [2.05, 4.69) is 5.32 Å². The summed E-state index contributed by atoms with van der Waals surface area (Å²) in [5, 5.41) is 19.8. The van der Waals surface area contributed by atoms with Crippen molar-refractivity contribution >= 4 is 5.91 Å². The molecule has 0 aliphatic heterocycles. The van der Waals surface area contributed by atoms with Gasteiger partial charge in [-0.2, -0.15) is 0 Å². The van der Waals surface area contributed by atoms with Crippen LogP contribution in [0.3, 0.4) is 0 Å². The minimum absolute atomic E-state index is 0.133. The highest BCUT2D eigenvalue weighted by atomic mass is 19.3. The van der Waals surface area contributed by atoms with Crippen LogP contribution >= 0.6 is 0 Å². The number of aliphatic hydroxyl groups excluding tert-OH is 2. The first-order chi connectivity index (χ1) is 8.04. The lowest BCUT2D eigenvalue weighted by Crippen LogP contribution is -2.35. The molecule has 94 valence electrons. The van der Waals surface area contributed by atoms with Crippen LogP contribution in [0, 0.1) is 0 Å². The molecule has 1 rings (SSSR count). The number of hydrogen-bond acceptors (Lipinski definition) is 3. The number of hydrogen-bond donors (Lipinski definition) is 3. The largest absolute Gasteiger partial charge is 0.392 e. The quantitative estimate of drug-likeness (QED) is 0.709. The Labute approximate surface area is 96.9 Å². The summed E-state index contributed by atoms with van der Waals surface area (Å²) in [4.78, 5) is 11.4. The van der Waals surface area contributed by atoms with Crippen LogP contribution in [0.2, 0.25) is 0 Å².